The molecule has 1 aromatic rings. The first-order valence-electron chi connectivity index (χ1n) is 7.32. The Labute approximate surface area is 152 Å². The number of aromatic hydroxyl groups is 1. The highest BCUT2D eigenvalue weighted by molar-refractivity contribution is 9.10. The maximum atomic E-state index is 12.3. The SMILES string of the molecule is CCOC(=O)CCCN1C(=O)S/C(=C\c2ccc(O)c(Br)c2)C1=O. The van der Waals surface area contributed by atoms with Gasteiger partial charge in [0.2, 0.25) is 0 Å². The first-order valence-corrected chi connectivity index (χ1v) is 8.92. The molecule has 1 aliphatic rings. The van der Waals surface area contributed by atoms with Gasteiger partial charge in [0, 0.05) is 13.0 Å². The van der Waals surface area contributed by atoms with Gasteiger partial charge in [-0.25, -0.2) is 0 Å². The Morgan fingerprint density at radius 1 is 1.42 bits per heavy atom. The first kappa shape index (κ1) is 18.5. The predicted octanol–water partition coefficient (Wildman–Crippen LogP) is 3.53. The molecule has 2 rings (SSSR count). The highest BCUT2D eigenvalue weighted by atomic mass is 79.9. The van der Waals surface area contributed by atoms with Gasteiger partial charge in [0.25, 0.3) is 11.1 Å². The van der Waals surface area contributed by atoms with Crippen molar-refractivity contribution in [3.63, 3.8) is 0 Å². The third kappa shape index (κ3) is 4.61. The summed E-state index contributed by atoms with van der Waals surface area (Å²) in [7, 11) is 0. The van der Waals surface area contributed by atoms with Crippen molar-refractivity contribution in [3.8, 4) is 5.75 Å². The Morgan fingerprint density at radius 3 is 2.83 bits per heavy atom. The number of halogens is 1. The van der Waals surface area contributed by atoms with Crippen LogP contribution in [0.25, 0.3) is 6.08 Å². The van der Waals surface area contributed by atoms with Gasteiger partial charge < -0.3 is 9.84 Å². The van der Waals surface area contributed by atoms with Crippen molar-refractivity contribution in [2.75, 3.05) is 13.2 Å². The van der Waals surface area contributed by atoms with Crippen LogP contribution in [0.15, 0.2) is 27.6 Å². The molecular weight excluding hydrogens is 398 g/mol. The van der Waals surface area contributed by atoms with Gasteiger partial charge >= 0.3 is 5.97 Å². The van der Waals surface area contributed by atoms with Gasteiger partial charge in [-0.2, -0.15) is 0 Å². The Morgan fingerprint density at radius 2 is 2.17 bits per heavy atom. The number of carbonyl (C=O) groups excluding carboxylic acids is 3. The van der Waals surface area contributed by atoms with Crippen molar-refractivity contribution < 1.29 is 24.2 Å². The molecule has 24 heavy (non-hydrogen) atoms. The van der Waals surface area contributed by atoms with Gasteiger partial charge in [0.15, 0.2) is 0 Å². The molecule has 1 N–H and O–H groups in total. The number of rotatable bonds is 6. The van der Waals surface area contributed by atoms with E-state index in [-0.39, 0.29) is 35.8 Å². The van der Waals surface area contributed by atoms with E-state index in [4.69, 9.17) is 4.74 Å². The normalized spacial score (nSPS) is 16.1. The van der Waals surface area contributed by atoms with Crippen LogP contribution in [-0.4, -0.2) is 40.3 Å². The molecule has 0 bridgehead atoms. The van der Waals surface area contributed by atoms with Crippen LogP contribution in [0.1, 0.15) is 25.3 Å². The summed E-state index contributed by atoms with van der Waals surface area (Å²) < 4.78 is 5.32. The molecule has 2 amide bonds. The maximum Gasteiger partial charge on any atom is 0.305 e. The topological polar surface area (TPSA) is 83.9 Å². The number of hydrogen-bond acceptors (Lipinski definition) is 6. The van der Waals surface area contributed by atoms with E-state index in [0.717, 1.165) is 16.7 Å². The van der Waals surface area contributed by atoms with Crippen LogP contribution < -0.4 is 0 Å². The number of carbonyl (C=O) groups is 3. The van der Waals surface area contributed by atoms with Crippen LogP contribution in [0, 0.1) is 0 Å². The number of imide groups is 1. The fourth-order valence-electron chi connectivity index (χ4n) is 2.07. The van der Waals surface area contributed by atoms with E-state index < -0.39 is 0 Å². The van der Waals surface area contributed by atoms with Crippen LogP contribution in [0.4, 0.5) is 4.79 Å². The number of nitrogens with zero attached hydrogens (tertiary/aromatic N) is 1. The lowest BCUT2D eigenvalue weighted by molar-refractivity contribution is -0.143. The Balaban J connectivity index is 2.01. The van der Waals surface area contributed by atoms with E-state index in [1.54, 1.807) is 25.1 Å². The zero-order valence-electron chi connectivity index (χ0n) is 13.0. The number of benzene rings is 1. The zero-order chi connectivity index (χ0) is 17.7. The van der Waals surface area contributed by atoms with Crippen LogP contribution in [0.2, 0.25) is 0 Å². The standard InChI is InChI=1S/C16H16BrNO5S/c1-2-23-14(20)4-3-7-18-15(21)13(24-16(18)22)9-10-5-6-12(19)11(17)8-10/h5-6,8-9,19H,2-4,7H2,1H3/b13-9-. The molecule has 1 aromatic carbocycles. The van der Waals surface area contributed by atoms with E-state index in [1.807, 2.05) is 0 Å². The molecule has 8 heteroatoms. The van der Waals surface area contributed by atoms with Crippen molar-refractivity contribution in [1.82, 2.24) is 4.90 Å². The van der Waals surface area contributed by atoms with Crippen LogP contribution in [-0.2, 0) is 14.3 Å². The summed E-state index contributed by atoms with van der Waals surface area (Å²) in [5.41, 5.74) is 0.691. The van der Waals surface area contributed by atoms with E-state index in [0.29, 0.717) is 28.0 Å². The summed E-state index contributed by atoms with van der Waals surface area (Å²) >= 11 is 4.06. The number of ether oxygens (including phenoxy) is 1. The van der Waals surface area contributed by atoms with Crippen molar-refractivity contribution in [2.24, 2.45) is 0 Å². The average Bonchev–Trinajstić information content (AvgIpc) is 2.78. The summed E-state index contributed by atoms with van der Waals surface area (Å²) in [5.74, 6) is -0.619. The van der Waals surface area contributed by atoms with Gasteiger partial charge in [0.1, 0.15) is 5.75 Å². The fourth-order valence-corrected chi connectivity index (χ4v) is 3.33. The second-order valence-corrected chi connectivity index (χ2v) is 6.80. The van der Waals surface area contributed by atoms with Crippen molar-refractivity contribution in [1.29, 1.82) is 0 Å². The van der Waals surface area contributed by atoms with E-state index in [2.05, 4.69) is 15.9 Å². The van der Waals surface area contributed by atoms with Crippen molar-refractivity contribution in [3.05, 3.63) is 33.1 Å². The third-order valence-electron chi connectivity index (χ3n) is 3.21. The first-order chi connectivity index (χ1) is 11.4. The largest absolute Gasteiger partial charge is 0.507 e. The average molecular weight is 414 g/mol. The highest BCUT2D eigenvalue weighted by Gasteiger charge is 2.34. The highest BCUT2D eigenvalue weighted by Crippen LogP contribution is 2.33. The van der Waals surface area contributed by atoms with Gasteiger partial charge in [0.05, 0.1) is 16.0 Å². The molecule has 0 unspecified atom stereocenters. The van der Waals surface area contributed by atoms with Gasteiger partial charge in [-0.3, -0.25) is 19.3 Å². The van der Waals surface area contributed by atoms with Crippen LogP contribution >= 0.6 is 27.7 Å². The van der Waals surface area contributed by atoms with E-state index in [1.165, 1.54) is 6.07 Å². The summed E-state index contributed by atoms with van der Waals surface area (Å²) in [6.07, 6.45) is 2.13. The number of esters is 1. The number of phenolic OH excluding ortho intramolecular Hbond substituents is 1. The van der Waals surface area contributed by atoms with Gasteiger partial charge in [-0.05, 0) is 64.8 Å². The minimum Gasteiger partial charge on any atom is -0.507 e. The summed E-state index contributed by atoms with van der Waals surface area (Å²) in [5, 5.41) is 9.13. The molecule has 6 nitrogen and oxygen atoms in total. The Kier molecular flexibility index (Phi) is 6.44. The molecule has 1 heterocycles. The molecule has 0 saturated carbocycles. The molecule has 0 aromatic heterocycles. The van der Waals surface area contributed by atoms with E-state index in [9.17, 15) is 19.5 Å². The summed E-state index contributed by atoms with van der Waals surface area (Å²) in [6.45, 7) is 2.21. The molecule has 1 aliphatic heterocycles. The fraction of sp³-hybridized carbons (Fsp3) is 0.312. The maximum absolute atomic E-state index is 12.3. The molecule has 1 fully saturated rings. The van der Waals surface area contributed by atoms with Gasteiger partial charge in [-0.1, -0.05) is 6.07 Å². The smallest absolute Gasteiger partial charge is 0.305 e. The lowest BCUT2D eigenvalue weighted by Crippen LogP contribution is -2.29. The second kappa shape index (κ2) is 8.34. The number of hydrogen-bond donors (Lipinski definition) is 1. The zero-order valence-corrected chi connectivity index (χ0v) is 15.4. The molecule has 128 valence electrons. The van der Waals surface area contributed by atoms with Crippen molar-refractivity contribution in [2.45, 2.75) is 19.8 Å². The minimum absolute atomic E-state index is 0.0965. The Hall–Kier alpha value is -1.80. The van der Waals surface area contributed by atoms with E-state index >= 15 is 0 Å². The predicted molar refractivity (Wildman–Crippen MR) is 94.4 cm³/mol. The quantitative estimate of drug-likeness (QED) is 0.567. The van der Waals surface area contributed by atoms with Crippen molar-refractivity contribution >= 4 is 50.9 Å². The number of thioether (sulfide) groups is 1. The number of amides is 2. The molecule has 0 atom stereocenters. The lowest BCUT2D eigenvalue weighted by Gasteiger charge is -2.11. The number of phenols is 1. The molecule has 1 saturated heterocycles. The third-order valence-corrected chi connectivity index (χ3v) is 4.75. The lowest BCUT2D eigenvalue weighted by atomic mass is 10.2. The molecule has 0 aliphatic carbocycles. The minimum atomic E-state index is -0.377. The van der Waals surface area contributed by atoms with Gasteiger partial charge in [-0.15, -0.1) is 0 Å². The molecular formula is C16H16BrNO5S. The monoisotopic (exact) mass is 413 g/mol. The summed E-state index contributed by atoms with van der Waals surface area (Å²) in [6, 6.07) is 4.80. The summed E-state index contributed by atoms with van der Waals surface area (Å²) in [4.78, 5) is 37.0. The second-order valence-electron chi connectivity index (χ2n) is 4.95. The van der Waals surface area contributed by atoms with Crippen LogP contribution in [0.3, 0.4) is 0 Å². The molecule has 0 spiro atoms. The molecule has 0 radical (unpaired) electrons. The Bertz CT molecular complexity index is 704. The van der Waals surface area contributed by atoms with Crippen LogP contribution in [0.5, 0.6) is 5.75 Å².